The fraction of sp³-hybridized carbons (Fsp3) is 0.480. The predicted octanol–water partition coefficient (Wildman–Crippen LogP) is 4.09. The molecule has 2 aromatic rings. The number of β-amino-alcohol motifs (C(OH)–C–C–N with tert-alkyl or cyclic N) is 1. The summed E-state index contributed by atoms with van der Waals surface area (Å²) in [5.41, 5.74) is 2.24. The molecule has 1 fully saturated rings. The lowest BCUT2D eigenvalue weighted by Crippen LogP contribution is -2.46. The first-order valence-electron chi connectivity index (χ1n) is 11.1. The maximum Gasteiger partial charge on any atom is 0.311 e. The maximum absolute atomic E-state index is 13.7. The first-order chi connectivity index (χ1) is 15.6. The van der Waals surface area contributed by atoms with Gasteiger partial charge in [-0.15, -0.1) is 0 Å². The molecule has 33 heavy (non-hydrogen) atoms. The Hall–Kier alpha value is -2.19. The Labute approximate surface area is 197 Å². The highest BCUT2D eigenvalue weighted by Gasteiger charge is 2.63. The van der Waals surface area contributed by atoms with Crippen LogP contribution in [0.5, 0.6) is 5.75 Å². The topological polar surface area (TPSA) is 88.0 Å². The Morgan fingerprint density at radius 1 is 1.33 bits per heavy atom. The highest BCUT2D eigenvalue weighted by Crippen LogP contribution is 2.60. The summed E-state index contributed by atoms with van der Waals surface area (Å²) < 4.78 is 25.4. The lowest BCUT2D eigenvalue weighted by Gasteiger charge is -2.28. The molecule has 1 saturated carbocycles. The van der Waals surface area contributed by atoms with Crippen LogP contribution in [0.25, 0.3) is 0 Å². The molecule has 0 amide bonds. The SMILES string of the molecule is C[C@@H](OC[C@H](O)CNC(C)(C)Cc1ccc(Cl)c(F)c1)c1cccc2c1[C@@H]1[C@H](O2)[C@H]1C(=O)O. The largest absolute Gasteiger partial charge is 0.489 e. The summed E-state index contributed by atoms with van der Waals surface area (Å²) >= 11 is 5.75. The molecule has 1 aliphatic carbocycles. The van der Waals surface area contributed by atoms with E-state index in [1.165, 1.54) is 6.07 Å². The van der Waals surface area contributed by atoms with Gasteiger partial charge in [-0.1, -0.05) is 29.8 Å². The van der Waals surface area contributed by atoms with Gasteiger partial charge in [0.05, 0.1) is 23.8 Å². The van der Waals surface area contributed by atoms with E-state index in [0.717, 1.165) is 22.4 Å². The van der Waals surface area contributed by atoms with Gasteiger partial charge in [0.2, 0.25) is 0 Å². The molecule has 0 aromatic heterocycles. The molecule has 1 aliphatic heterocycles. The van der Waals surface area contributed by atoms with Gasteiger partial charge in [-0.2, -0.15) is 0 Å². The third-order valence-corrected chi connectivity index (χ3v) is 6.66. The van der Waals surface area contributed by atoms with Gasteiger partial charge in [-0.3, -0.25) is 4.79 Å². The molecule has 3 N–H and O–H groups in total. The van der Waals surface area contributed by atoms with E-state index >= 15 is 0 Å². The lowest BCUT2D eigenvalue weighted by molar-refractivity contribution is -0.139. The van der Waals surface area contributed by atoms with Crippen LogP contribution in [0.1, 0.15) is 49.5 Å². The minimum atomic E-state index is -0.843. The van der Waals surface area contributed by atoms with Crippen molar-refractivity contribution in [2.75, 3.05) is 13.2 Å². The highest BCUT2D eigenvalue weighted by atomic mass is 35.5. The summed E-state index contributed by atoms with van der Waals surface area (Å²) in [5.74, 6) is -1.21. The number of aliphatic hydroxyl groups is 1. The minimum absolute atomic E-state index is 0.0949. The van der Waals surface area contributed by atoms with Crippen molar-refractivity contribution in [2.24, 2.45) is 5.92 Å². The smallest absolute Gasteiger partial charge is 0.311 e. The predicted molar refractivity (Wildman–Crippen MR) is 122 cm³/mol. The van der Waals surface area contributed by atoms with E-state index in [0.29, 0.717) is 13.0 Å². The zero-order valence-corrected chi connectivity index (χ0v) is 19.6. The number of fused-ring (bicyclic) bond motifs is 3. The van der Waals surface area contributed by atoms with Crippen molar-refractivity contribution in [2.45, 2.75) is 57.0 Å². The second kappa shape index (κ2) is 9.22. The number of carbonyl (C=O) groups is 1. The third-order valence-electron chi connectivity index (χ3n) is 6.36. The first kappa shape index (κ1) is 24.0. The Morgan fingerprint density at radius 2 is 2.09 bits per heavy atom. The first-order valence-corrected chi connectivity index (χ1v) is 11.5. The van der Waals surface area contributed by atoms with Gasteiger partial charge in [0.25, 0.3) is 0 Å². The van der Waals surface area contributed by atoms with Crippen LogP contribution in [-0.4, -0.2) is 47.1 Å². The van der Waals surface area contributed by atoms with E-state index in [4.69, 9.17) is 21.1 Å². The number of halogens is 2. The van der Waals surface area contributed by atoms with E-state index in [2.05, 4.69) is 5.32 Å². The number of carboxylic acid groups (broad SMARTS) is 1. The van der Waals surface area contributed by atoms with Gasteiger partial charge in [-0.25, -0.2) is 4.39 Å². The average molecular weight is 478 g/mol. The molecule has 0 spiro atoms. The summed E-state index contributed by atoms with van der Waals surface area (Å²) in [4.78, 5) is 11.4. The molecule has 2 aromatic carbocycles. The molecule has 6 nitrogen and oxygen atoms in total. The van der Waals surface area contributed by atoms with Crippen molar-refractivity contribution in [1.82, 2.24) is 5.32 Å². The number of aliphatic carboxylic acids is 1. The van der Waals surface area contributed by atoms with Crippen LogP contribution in [0.4, 0.5) is 4.39 Å². The molecular formula is C25H29ClFNO5. The summed E-state index contributed by atoms with van der Waals surface area (Å²) in [6.45, 7) is 6.26. The Kier molecular flexibility index (Phi) is 6.69. The van der Waals surface area contributed by atoms with Crippen LogP contribution >= 0.6 is 11.6 Å². The fourth-order valence-electron chi connectivity index (χ4n) is 4.61. The second-order valence-electron chi connectivity index (χ2n) is 9.55. The molecule has 0 bridgehead atoms. The number of aliphatic hydroxyl groups excluding tert-OH is 1. The number of ether oxygens (including phenoxy) is 2. The van der Waals surface area contributed by atoms with Gasteiger partial charge in [0.15, 0.2) is 0 Å². The van der Waals surface area contributed by atoms with Crippen molar-refractivity contribution >= 4 is 17.6 Å². The van der Waals surface area contributed by atoms with Crippen LogP contribution in [0.2, 0.25) is 5.02 Å². The van der Waals surface area contributed by atoms with Gasteiger partial charge < -0.3 is 25.0 Å². The molecule has 0 radical (unpaired) electrons. The van der Waals surface area contributed by atoms with E-state index < -0.39 is 23.8 Å². The molecule has 2 aliphatic rings. The molecule has 4 rings (SSSR count). The number of carboxylic acids is 1. The van der Waals surface area contributed by atoms with E-state index in [9.17, 15) is 19.4 Å². The summed E-state index contributed by atoms with van der Waals surface area (Å²) in [5, 5.41) is 23.2. The minimum Gasteiger partial charge on any atom is -0.489 e. The van der Waals surface area contributed by atoms with Crippen molar-refractivity contribution in [3.8, 4) is 5.75 Å². The number of hydrogen-bond donors (Lipinski definition) is 3. The van der Waals surface area contributed by atoms with Crippen LogP contribution < -0.4 is 10.1 Å². The summed E-state index contributed by atoms with van der Waals surface area (Å²) in [6.07, 6.45) is -0.801. The van der Waals surface area contributed by atoms with Gasteiger partial charge in [0, 0.05) is 23.6 Å². The fourth-order valence-corrected chi connectivity index (χ4v) is 4.73. The molecule has 8 heteroatoms. The number of nitrogens with one attached hydrogen (secondary N) is 1. The van der Waals surface area contributed by atoms with Crippen molar-refractivity contribution in [1.29, 1.82) is 0 Å². The van der Waals surface area contributed by atoms with E-state index in [-0.39, 0.29) is 35.3 Å². The zero-order valence-electron chi connectivity index (χ0n) is 18.8. The third kappa shape index (κ3) is 5.17. The number of rotatable bonds is 10. The van der Waals surface area contributed by atoms with Gasteiger partial charge >= 0.3 is 5.97 Å². The monoisotopic (exact) mass is 477 g/mol. The van der Waals surface area contributed by atoms with Crippen molar-refractivity contribution in [3.63, 3.8) is 0 Å². The number of hydrogen-bond acceptors (Lipinski definition) is 5. The molecule has 0 unspecified atom stereocenters. The molecule has 5 atom stereocenters. The standard InChI is InChI=1S/C25H29ClFNO5/c1-13(16-5-4-6-19-20(16)21-22(24(30)31)23(21)33-19)32-12-15(29)11-28-25(2,3)10-14-7-8-17(26)18(27)9-14/h4-9,13,15,21-23,28-29H,10-12H2,1-3H3,(H,30,31)/t13-,15-,21+,22+,23+/m1/s1. The summed E-state index contributed by atoms with van der Waals surface area (Å²) in [6, 6.07) is 10.4. The summed E-state index contributed by atoms with van der Waals surface area (Å²) in [7, 11) is 0. The average Bonchev–Trinajstić information content (AvgIpc) is 3.34. The normalized spacial score (nSPS) is 22.8. The van der Waals surface area contributed by atoms with Crippen LogP contribution in [0.3, 0.4) is 0 Å². The van der Waals surface area contributed by atoms with E-state index in [1.807, 2.05) is 39.0 Å². The highest BCUT2D eigenvalue weighted by molar-refractivity contribution is 6.30. The molecule has 178 valence electrons. The Balaban J connectivity index is 1.29. The Morgan fingerprint density at radius 3 is 2.79 bits per heavy atom. The molecule has 0 saturated heterocycles. The second-order valence-corrected chi connectivity index (χ2v) is 9.96. The van der Waals surface area contributed by atoms with Crippen molar-refractivity contribution in [3.05, 3.63) is 63.9 Å². The van der Waals surface area contributed by atoms with Gasteiger partial charge in [-0.05, 0) is 56.5 Å². The maximum atomic E-state index is 13.7. The zero-order chi connectivity index (χ0) is 23.9. The quantitative estimate of drug-likeness (QED) is 0.478. The van der Waals surface area contributed by atoms with Crippen LogP contribution in [0, 0.1) is 11.7 Å². The van der Waals surface area contributed by atoms with Crippen molar-refractivity contribution < 1.29 is 28.9 Å². The van der Waals surface area contributed by atoms with Gasteiger partial charge in [0.1, 0.15) is 23.6 Å². The van der Waals surface area contributed by atoms with E-state index in [1.54, 1.807) is 12.1 Å². The number of benzene rings is 2. The molecular weight excluding hydrogens is 449 g/mol. The molecule has 1 heterocycles. The lowest BCUT2D eigenvalue weighted by atomic mass is 9.94. The van der Waals surface area contributed by atoms with Crippen LogP contribution in [-0.2, 0) is 16.0 Å². The van der Waals surface area contributed by atoms with Crippen LogP contribution in [0.15, 0.2) is 36.4 Å². The Bertz CT molecular complexity index is 1050.